The van der Waals surface area contributed by atoms with Gasteiger partial charge in [0.2, 0.25) is 11.8 Å². The summed E-state index contributed by atoms with van der Waals surface area (Å²) in [5.41, 5.74) is 0.697. The topological polar surface area (TPSA) is 148 Å². The Morgan fingerprint density at radius 3 is 2.29 bits per heavy atom. The van der Waals surface area contributed by atoms with E-state index >= 15 is 0 Å². The van der Waals surface area contributed by atoms with Crippen LogP contribution >= 0.6 is 11.8 Å². The number of hydrogen-bond donors (Lipinski definition) is 4. The molecule has 4 amide bonds. The third-order valence-corrected chi connectivity index (χ3v) is 8.01. The summed E-state index contributed by atoms with van der Waals surface area (Å²) in [7, 11) is 1.90. The van der Waals surface area contributed by atoms with Crippen molar-refractivity contribution in [3.8, 4) is 0 Å². The molecule has 11 nitrogen and oxygen atoms in total. The van der Waals surface area contributed by atoms with E-state index in [2.05, 4.69) is 16.0 Å². The molecule has 1 aromatic rings. The normalized spacial score (nSPS) is 19.6. The van der Waals surface area contributed by atoms with Crippen LogP contribution in [0.2, 0.25) is 0 Å². The minimum atomic E-state index is -1.64. The molecule has 3 atom stereocenters. The van der Waals surface area contributed by atoms with Crippen molar-refractivity contribution in [1.82, 2.24) is 25.8 Å². The Balaban J connectivity index is 1.68. The van der Waals surface area contributed by atoms with Crippen LogP contribution < -0.4 is 16.0 Å². The third-order valence-electron chi connectivity index (χ3n) is 7.00. The zero-order valence-corrected chi connectivity index (χ0v) is 22.8. The molecule has 2 saturated heterocycles. The maximum absolute atomic E-state index is 13.6. The molecule has 0 spiro atoms. The zero-order chi connectivity index (χ0) is 27.8. The summed E-state index contributed by atoms with van der Waals surface area (Å²) >= 11 is 1.38. The van der Waals surface area contributed by atoms with Gasteiger partial charge in [-0.1, -0.05) is 44.2 Å². The summed E-state index contributed by atoms with van der Waals surface area (Å²) in [5.74, 6) is -3.42. The van der Waals surface area contributed by atoms with E-state index in [1.807, 2.05) is 20.9 Å². The van der Waals surface area contributed by atoms with Gasteiger partial charge in [-0.25, -0.2) is 9.59 Å². The van der Waals surface area contributed by atoms with E-state index in [9.17, 15) is 29.1 Å². The summed E-state index contributed by atoms with van der Waals surface area (Å²) in [6.07, 6.45) is 1.67. The molecule has 0 saturated carbocycles. The van der Waals surface area contributed by atoms with E-state index < -0.39 is 35.8 Å². The average molecular weight is 548 g/mol. The molecule has 2 fully saturated rings. The number of benzene rings is 1. The maximum atomic E-state index is 13.6. The van der Waals surface area contributed by atoms with Gasteiger partial charge in [0.1, 0.15) is 18.1 Å². The number of urea groups is 1. The molecular formula is C26H37N5O6S. The highest BCUT2D eigenvalue weighted by Gasteiger charge is 2.41. The van der Waals surface area contributed by atoms with Crippen LogP contribution in [0.4, 0.5) is 4.79 Å². The van der Waals surface area contributed by atoms with E-state index in [4.69, 9.17) is 0 Å². The number of nitrogens with zero attached hydrogens (tertiary/aromatic N) is 2. The highest BCUT2D eigenvalue weighted by atomic mass is 32.2. The molecule has 0 aliphatic carbocycles. The quantitative estimate of drug-likeness (QED) is 0.313. The third kappa shape index (κ3) is 7.47. The number of Topliss-reactive ketones (excluding diaryl/α,β-unsaturated/α-hetero) is 1. The predicted molar refractivity (Wildman–Crippen MR) is 143 cm³/mol. The van der Waals surface area contributed by atoms with E-state index in [0.717, 1.165) is 12.8 Å². The van der Waals surface area contributed by atoms with Crippen molar-refractivity contribution in [2.75, 3.05) is 31.8 Å². The number of thioether (sulfide) groups is 1. The van der Waals surface area contributed by atoms with Crippen molar-refractivity contribution >= 4 is 41.4 Å². The van der Waals surface area contributed by atoms with Gasteiger partial charge >= 0.3 is 12.0 Å². The summed E-state index contributed by atoms with van der Waals surface area (Å²) in [6, 6.07) is 5.86. The highest BCUT2D eigenvalue weighted by Crippen LogP contribution is 2.24. The number of carbonyl (C=O) groups is 5. The fourth-order valence-corrected chi connectivity index (χ4v) is 5.80. The molecule has 1 aromatic carbocycles. The number of nitrogens with one attached hydrogen (secondary N) is 3. The fraction of sp³-hybridized carbons (Fsp3) is 0.577. The van der Waals surface area contributed by atoms with Gasteiger partial charge in [-0.2, -0.15) is 0 Å². The van der Waals surface area contributed by atoms with Gasteiger partial charge in [-0.15, -0.1) is 11.8 Å². The number of hydrogen-bond acceptors (Lipinski definition) is 7. The molecule has 0 radical (unpaired) electrons. The Labute approximate surface area is 227 Å². The van der Waals surface area contributed by atoms with Crippen molar-refractivity contribution in [2.24, 2.45) is 5.92 Å². The van der Waals surface area contributed by atoms with Crippen LogP contribution in [0.25, 0.3) is 0 Å². The lowest BCUT2D eigenvalue weighted by Crippen LogP contribution is -2.59. The number of carbonyl (C=O) groups excluding carboxylic acids is 4. The summed E-state index contributed by atoms with van der Waals surface area (Å²) < 4.78 is 0. The SMILES string of the molecule is CNC1CCN(C(=O)N[C@H](C(=O)N2CSC[C@H]2C(=O)N[C@@H](Cc2ccccc2)C(=O)C(=O)O)C(C)C)CC1. The molecule has 2 heterocycles. The maximum Gasteiger partial charge on any atom is 0.374 e. The number of likely N-dealkylation sites (tertiary alicyclic amines) is 1. The summed E-state index contributed by atoms with van der Waals surface area (Å²) in [4.78, 5) is 66.6. The number of aliphatic carboxylic acids is 1. The van der Waals surface area contributed by atoms with Crippen LogP contribution in [0.5, 0.6) is 0 Å². The van der Waals surface area contributed by atoms with Crippen LogP contribution in [0.15, 0.2) is 30.3 Å². The number of piperidine rings is 1. The van der Waals surface area contributed by atoms with Gasteiger partial charge in [0.25, 0.3) is 5.78 Å². The lowest BCUT2D eigenvalue weighted by atomic mass is 10.0. The zero-order valence-electron chi connectivity index (χ0n) is 22.0. The standard InChI is InChI=1S/C26H37N5O6S/c1-16(2)21(29-26(37)30-11-9-18(27-3)10-12-30)24(34)31-15-38-14-20(31)23(33)28-19(22(32)25(35)36)13-17-7-5-4-6-8-17/h4-8,16,18-21,27H,9-15H2,1-3H3,(H,28,33)(H,29,37)(H,35,36)/t19-,20-,21-/m0/s1. The molecule has 38 heavy (non-hydrogen) atoms. The smallest absolute Gasteiger partial charge is 0.374 e. The lowest BCUT2D eigenvalue weighted by Gasteiger charge is -2.35. The van der Waals surface area contributed by atoms with Gasteiger partial charge in [0, 0.05) is 31.3 Å². The van der Waals surface area contributed by atoms with Gasteiger partial charge in [0.05, 0.1) is 5.88 Å². The summed E-state index contributed by atoms with van der Waals surface area (Å²) in [5, 5.41) is 17.9. The van der Waals surface area contributed by atoms with Crippen LogP contribution in [0.1, 0.15) is 32.3 Å². The highest BCUT2D eigenvalue weighted by molar-refractivity contribution is 7.99. The molecule has 4 N–H and O–H groups in total. The van der Waals surface area contributed by atoms with E-state index in [1.165, 1.54) is 16.7 Å². The Kier molecular flexibility index (Phi) is 10.5. The minimum Gasteiger partial charge on any atom is -0.475 e. The van der Waals surface area contributed by atoms with Crippen molar-refractivity contribution in [3.63, 3.8) is 0 Å². The van der Waals surface area contributed by atoms with Gasteiger partial charge in [-0.05, 0) is 31.4 Å². The molecular weight excluding hydrogens is 510 g/mol. The number of carboxylic acid groups (broad SMARTS) is 1. The van der Waals surface area contributed by atoms with E-state index in [-0.39, 0.29) is 30.2 Å². The van der Waals surface area contributed by atoms with Crippen molar-refractivity contribution in [3.05, 3.63) is 35.9 Å². The monoisotopic (exact) mass is 547 g/mol. The van der Waals surface area contributed by atoms with Crippen molar-refractivity contribution < 1.29 is 29.1 Å². The Morgan fingerprint density at radius 1 is 1.05 bits per heavy atom. The Bertz CT molecular complexity index is 1010. The Morgan fingerprint density at radius 2 is 1.71 bits per heavy atom. The van der Waals surface area contributed by atoms with Gasteiger partial charge in [0.15, 0.2) is 0 Å². The van der Waals surface area contributed by atoms with E-state index in [1.54, 1.807) is 35.2 Å². The van der Waals surface area contributed by atoms with Crippen molar-refractivity contribution in [2.45, 2.75) is 57.3 Å². The van der Waals surface area contributed by atoms with Gasteiger partial charge < -0.3 is 30.9 Å². The first-order chi connectivity index (χ1) is 18.1. The average Bonchev–Trinajstić information content (AvgIpc) is 3.41. The largest absolute Gasteiger partial charge is 0.475 e. The van der Waals surface area contributed by atoms with Gasteiger partial charge in [-0.3, -0.25) is 14.4 Å². The molecule has 12 heteroatoms. The molecule has 2 aliphatic heterocycles. The first-order valence-electron chi connectivity index (χ1n) is 12.8. The van der Waals surface area contributed by atoms with Crippen LogP contribution in [-0.4, -0.2) is 100 Å². The molecule has 3 rings (SSSR count). The molecule has 2 aliphatic rings. The van der Waals surface area contributed by atoms with Crippen LogP contribution in [0, 0.1) is 5.92 Å². The molecule has 0 unspecified atom stereocenters. The molecule has 208 valence electrons. The second kappa shape index (κ2) is 13.6. The number of ketones is 1. The fourth-order valence-electron chi connectivity index (χ4n) is 4.64. The second-order valence-corrected chi connectivity index (χ2v) is 11.0. The first-order valence-corrected chi connectivity index (χ1v) is 14.0. The minimum absolute atomic E-state index is 0.0143. The molecule has 0 bridgehead atoms. The molecule has 0 aromatic heterocycles. The van der Waals surface area contributed by atoms with Crippen LogP contribution in [0.3, 0.4) is 0 Å². The van der Waals surface area contributed by atoms with Crippen LogP contribution in [-0.2, 0) is 25.6 Å². The predicted octanol–water partition coefficient (Wildman–Crippen LogP) is 0.687. The number of carboxylic acids is 1. The number of amides is 4. The Hall–Kier alpha value is -3.12. The van der Waals surface area contributed by atoms with E-state index in [0.29, 0.717) is 30.4 Å². The number of rotatable bonds is 10. The second-order valence-electron chi connectivity index (χ2n) is 9.97. The summed E-state index contributed by atoms with van der Waals surface area (Å²) in [6.45, 7) is 4.83. The first kappa shape index (κ1) is 29.4. The lowest BCUT2D eigenvalue weighted by molar-refractivity contribution is -0.150. The van der Waals surface area contributed by atoms with Crippen molar-refractivity contribution in [1.29, 1.82) is 0 Å².